The summed E-state index contributed by atoms with van der Waals surface area (Å²) in [6.07, 6.45) is 4.77. The zero-order valence-corrected chi connectivity index (χ0v) is 9.21. The topological polar surface area (TPSA) is 39.1 Å². The smallest absolute Gasteiger partial charge is 0.0479 e. The van der Waals surface area contributed by atoms with Crippen LogP contribution in [0.4, 0.5) is 0 Å². The van der Waals surface area contributed by atoms with Crippen molar-refractivity contribution in [2.75, 3.05) is 26.2 Å². The van der Waals surface area contributed by atoms with E-state index in [4.69, 9.17) is 5.41 Å². The third kappa shape index (κ3) is 3.60. The molecule has 1 atom stereocenters. The lowest BCUT2D eigenvalue weighted by molar-refractivity contribution is 0.216. The van der Waals surface area contributed by atoms with Crippen LogP contribution < -0.4 is 5.32 Å². The predicted octanol–water partition coefficient (Wildman–Crippen LogP) is 1.27. The second-order valence-electron chi connectivity index (χ2n) is 4.04. The van der Waals surface area contributed by atoms with E-state index in [9.17, 15) is 0 Å². The van der Waals surface area contributed by atoms with E-state index in [-0.39, 0.29) is 0 Å². The molecular weight excluding hydrogens is 174 g/mol. The third-order valence-electron chi connectivity index (χ3n) is 2.58. The third-order valence-corrected chi connectivity index (χ3v) is 2.58. The summed E-state index contributed by atoms with van der Waals surface area (Å²) >= 11 is 0. The van der Waals surface area contributed by atoms with Crippen molar-refractivity contribution in [3.63, 3.8) is 0 Å². The van der Waals surface area contributed by atoms with E-state index < -0.39 is 0 Å². The molecule has 0 aromatic rings. The molecule has 0 aromatic carbocycles. The molecule has 14 heavy (non-hydrogen) atoms. The van der Waals surface area contributed by atoms with Gasteiger partial charge in [-0.2, -0.15) is 0 Å². The minimum absolute atomic E-state index is 0.298. The molecule has 2 N–H and O–H groups in total. The van der Waals surface area contributed by atoms with Gasteiger partial charge in [0.25, 0.3) is 0 Å². The summed E-state index contributed by atoms with van der Waals surface area (Å²) in [5, 5.41) is 10.8. The predicted molar refractivity (Wildman–Crippen MR) is 61.1 cm³/mol. The highest BCUT2D eigenvalue weighted by Gasteiger charge is 2.16. The summed E-state index contributed by atoms with van der Waals surface area (Å²) in [5.74, 6) is 0. The zero-order chi connectivity index (χ0) is 10.4. The first-order valence-corrected chi connectivity index (χ1v) is 5.32. The normalized spacial score (nSPS) is 20.1. The molecule has 80 valence electrons. The monoisotopic (exact) mass is 195 g/mol. The SMILES string of the molecule is CC(C)=CCC(C=N)N1CCNCC1. The van der Waals surface area contributed by atoms with E-state index in [0.717, 1.165) is 32.6 Å². The average Bonchev–Trinajstić information content (AvgIpc) is 2.20. The van der Waals surface area contributed by atoms with Gasteiger partial charge >= 0.3 is 0 Å². The van der Waals surface area contributed by atoms with Crippen LogP contribution >= 0.6 is 0 Å². The van der Waals surface area contributed by atoms with Gasteiger partial charge < -0.3 is 10.7 Å². The fourth-order valence-corrected chi connectivity index (χ4v) is 1.69. The summed E-state index contributed by atoms with van der Waals surface area (Å²) in [6.45, 7) is 8.46. The van der Waals surface area contributed by atoms with Gasteiger partial charge in [-0.15, -0.1) is 0 Å². The molecule has 1 unspecified atom stereocenters. The molecule has 0 saturated carbocycles. The molecule has 1 heterocycles. The van der Waals surface area contributed by atoms with Gasteiger partial charge in [-0.25, -0.2) is 0 Å². The minimum Gasteiger partial charge on any atom is -0.314 e. The molecule has 0 radical (unpaired) electrons. The van der Waals surface area contributed by atoms with Crippen molar-refractivity contribution in [1.82, 2.24) is 10.2 Å². The zero-order valence-electron chi connectivity index (χ0n) is 9.21. The molecule has 1 fully saturated rings. The molecule has 0 amide bonds. The molecule has 1 aliphatic heterocycles. The Kier molecular flexibility index (Phi) is 4.84. The summed E-state index contributed by atoms with van der Waals surface area (Å²) in [7, 11) is 0. The van der Waals surface area contributed by atoms with Crippen molar-refractivity contribution in [3.8, 4) is 0 Å². The first-order valence-electron chi connectivity index (χ1n) is 5.32. The molecule has 3 heteroatoms. The number of nitrogens with zero attached hydrogens (tertiary/aromatic N) is 1. The minimum atomic E-state index is 0.298. The van der Waals surface area contributed by atoms with Crippen LogP contribution in [0.25, 0.3) is 0 Å². The van der Waals surface area contributed by atoms with Gasteiger partial charge in [0, 0.05) is 38.4 Å². The second-order valence-corrected chi connectivity index (χ2v) is 4.04. The number of allylic oxidation sites excluding steroid dienone is 1. The Morgan fingerprint density at radius 1 is 1.43 bits per heavy atom. The van der Waals surface area contributed by atoms with Gasteiger partial charge in [0.2, 0.25) is 0 Å². The summed E-state index contributed by atoms with van der Waals surface area (Å²) in [6, 6.07) is 0.298. The number of nitrogens with one attached hydrogen (secondary N) is 2. The maximum absolute atomic E-state index is 7.42. The molecule has 0 aliphatic carbocycles. The Morgan fingerprint density at radius 3 is 2.57 bits per heavy atom. The maximum Gasteiger partial charge on any atom is 0.0479 e. The number of hydrogen-bond acceptors (Lipinski definition) is 3. The lowest BCUT2D eigenvalue weighted by Crippen LogP contribution is -2.48. The van der Waals surface area contributed by atoms with E-state index in [0.29, 0.717) is 6.04 Å². The van der Waals surface area contributed by atoms with Crippen LogP contribution in [0.15, 0.2) is 11.6 Å². The average molecular weight is 195 g/mol. The van der Waals surface area contributed by atoms with Gasteiger partial charge in [-0.3, -0.25) is 4.90 Å². The number of rotatable bonds is 4. The molecule has 0 spiro atoms. The largest absolute Gasteiger partial charge is 0.314 e. The lowest BCUT2D eigenvalue weighted by Gasteiger charge is -2.32. The lowest BCUT2D eigenvalue weighted by atomic mass is 10.1. The molecule has 0 bridgehead atoms. The quantitative estimate of drug-likeness (QED) is 0.524. The standard InChI is InChI=1S/C11H21N3/c1-10(2)3-4-11(9-12)14-7-5-13-6-8-14/h3,9,11-13H,4-8H2,1-2H3. The molecular formula is C11H21N3. The highest BCUT2D eigenvalue weighted by molar-refractivity contribution is 5.61. The highest BCUT2D eigenvalue weighted by atomic mass is 15.2. The highest BCUT2D eigenvalue weighted by Crippen LogP contribution is 2.06. The van der Waals surface area contributed by atoms with E-state index in [1.807, 2.05) is 0 Å². The number of piperazine rings is 1. The first kappa shape index (κ1) is 11.4. The molecule has 1 aliphatic rings. The van der Waals surface area contributed by atoms with E-state index in [1.165, 1.54) is 5.57 Å². The van der Waals surface area contributed by atoms with Crippen molar-refractivity contribution >= 4 is 6.21 Å². The Morgan fingerprint density at radius 2 is 2.07 bits per heavy atom. The van der Waals surface area contributed by atoms with E-state index >= 15 is 0 Å². The van der Waals surface area contributed by atoms with Gasteiger partial charge in [-0.05, 0) is 20.3 Å². The van der Waals surface area contributed by atoms with Crippen molar-refractivity contribution in [1.29, 1.82) is 5.41 Å². The maximum atomic E-state index is 7.42. The fourth-order valence-electron chi connectivity index (χ4n) is 1.69. The Hall–Kier alpha value is -0.670. The summed E-state index contributed by atoms with van der Waals surface area (Å²) < 4.78 is 0. The van der Waals surface area contributed by atoms with Crippen LogP contribution in [0.3, 0.4) is 0 Å². The summed E-state index contributed by atoms with van der Waals surface area (Å²) in [4.78, 5) is 2.38. The van der Waals surface area contributed by atoms with Crippen LogP contribution in [0.5, 0.6) is 0 Å². The van der Waals surface area contributed by atoms with Gasteiger partial charge in [0.1, 0.15) is 0 Å². The first-order chi connectivity index (χ1) is 6.74. The van der Waals surface area contributed by atoms with Gasteiger partial charge in [0.15, 0.2) is 0 Å². The molecule has 3 nitrogen and oxygen atoms in total. The fraction of sp³-hybridized carbons (Fsp3) is 0.727. The molecule has 1 saturated heterocycles. The van der Waals surface area contributed by atoms with Crippen LogP contribution in [-0.4, -0.2) is 43.3 Å². The summed E-state index contributed by atoms with van der Waals surface area (Å²) in [5.41, 5.74) is 1.34. The van der Waals surface area contributed by atoms with Crippen LogP contribution in [0.1, 0.15) is 20.3 Å². The Labute approximate surface area is 86.7 Å². The number of hydrogen-bond donors (Lipinski definition) is 2. The van der Waals surface area contributed by atoms with Crippen molar-refractivity contribution in [3.05, 3.63) is 11.6 Å². The van der Waals surface area contributed by atoms with E-state index in [1.54, 1.807) is 6.21 Å². The van der Waals surface area contributed by atoms with Crippen LogP contribution in [0, 0.1) is 5.41 Å². The second kappa shape index (κ2) is 5.94. The van der Waals surface area contributed by atoms with Crippen molar-refractivity contribution in [2.24, 2.45) is 0 Å². The van der Waals surface area contributed by atoms with Gasteiger partial charge in [0.05, 0.1) is 0 Å². The molecule has 1 rings (SSSR count). The van der Waals surface area contributed by atoms with Crippen LogP contribution in [-0.2, 0) is 0 Å². The Bertz CT molecular complexity index is 201. The Balaban J connectivity index is 2.43. The van der Waals surface area contributed by atoms with Gasteiger partial charge in [-0.1, -0.05) is 11.6 Å². The molecule has 0 aromatic heterocycles. The van der Waals surface area contributed by atoms with Crippen molar-refractivity contribution < 1.29 is 0 Å². The van der Waals surface area contributed by atoms with E-state index in [2.05, 4.69) is 30.1 Å². The van der Waals surface area contributed by atoms with Crippen LogP contribution in [0.2, 0.25) is 0 Å². The van der Waals surface area contributed by atoms with Crippen molar-refractivity contribution in [2.45, 2.75) is 26.3 Å².